The van der Waals surface area contributed by atoms with Gasteiger partial charge in [-0.05, 0) is 16.7 Å². The van der Waals surface area contributed by atoms with Crippen molar-refractivity contribution in [3.8, 4) is 16.5 Å². The summed E-state index contributed by atoms with van der Waals surface area (Å²) in [7, 11) is 1.62. The van der Waals surface area contributed by atoms with Crippen LogP contribution in [0.15, 0.2) is 11.4 Å². The quantitative estimate of drug-likeness (QED) is 0.750. The molecule has 0 aliphatic carbocycles. The van der Waals surface area contributed by atoms with Crippen LogP contribution in [-0.4, -0.2) is 27.7 Å². The Kier molecular flexibility index (Phi) is 1.75. The van der Waals surface area contributed by atoms with Gasteiger partial charge in [0.15, 0.2) is 0 Å². The third-order valence-electron chi connectivity index (χ3n) is 1.40. The average Bonchev–Trinajstić information content (AvgIpc) is 2.74. The van der Waals surface area contributed by atoms with Gasteiger partial charge in [-0.2, -0.15) is 5.21 Å². The standard InChI is InChI=1S/C6H6N4OS/c1-11-4-2-3-12-5(4)6-7-9-10-8-6/h2-3H,1H3,(H,7,8,9,10). The van der Waals surface area contributed by atoms with Gasteiger partial charge in [-0.3, -0.25) is 0 Å². The second kappa shape index (κ2) is 2.90. The average molecular weight is 182 g/mol. The second-order valence-corrected chi connectivity index (χ2v) is 2.97. The van der Waals surface area contributed by atoms with Crippen molar-refractivity contribution in [2.45, 2.75) is 0 Å². The first-order chi connectivity index (χ1) is 5.92. The summed E-state index contributed by atoms with van der Waals surface area (Å²) in [4.78, 5) is 0.895. The molecule has 0 aromatic carbocycles. The normalized spacial score (nSPS) is 10.1. The second-order valence-electron chi connectivity index (χ2n) is 2.05. The highest BCUT2D eigenvalue weighted by molar-refractivity contribution is 7.13. The Morgan fingerprint density at radius 1 is 1.58 bits per heavy atom. The zero-order chi connectivity index (χ0) is 8.39. The molecule has 0 aliphatic heterocycles. The molecular weight excluding hydrogens is 176 g/mol. The number of ether oxygens (including phenoxy) is 1. The van der Waals surface area contributed by atoms with Gasteiger partial charge < -0.3 is 4.74 Å². The molecular formula is C6H6N4OS. The minimum Gasteiger partial charge on any atom is -0.495 e. The highest BCUT2D eigenvalue weighted by Crippen LogP contribution is 2.31. The number of nitrogens with zero attached hydrogens (tertiary/aromatic N) is 3. The number of nitrogens with one attached hydrogen (secondary N) is 1. The van der Waals surface area contributed by atoms with E-state index < -0.39 is 0 Å². The molecule has 0 fully saturated rings. The third kappa shape index (κ3) is 1.06. The minimum atomic E-state index is 0.571. The Hall–Kier alpha value is -1.43. The fourth-order valence-electron chi connectivity index (χ4n) is 0.879. The van der Waals surface area contributed by atoms with E-state index in [1.807, 2.05) is 11.4 Å². The fraction of sp³-hybridized carbons (Fsp3) is 0.167. The number of aromatic amines is 1. The highest BCUT2D eigenvalue weighted by atomic mass is 32.1. The van der Waals surface area contributed by atoms with Gasteiger partial charge in [0.25, 0.3) is 0 Å². The molecule has 0 spiro atoms. The van der Waals surface area contributed by atoms with Gasteiger partial charge in [0.05, 0.1) is 7.11 Å². The van der Waals surface area contributed by atoms with Crippen LogP contribution in [0.5, 0.6) is 5.75 Å². The van der Waals surface area contributed by atoms with Crippen LogP contribution in [0.4, 0.5) is 0 Å². The van der Waals surface area contributed by atoms with E-state index in [9.17, 15) is 0 Å². The van der Waals surface area contributed by atoms with Crippen LogP contribution in [-0.2, 0) is 0 Å². The van der Waals surface area contributed by atoms with Crippen molar-refractivity contribution in [3.05, 3.63) is 11.4 Å². The molecule has 2 rings (SSSR count). The summed E-state index contributed by atoms with van der Waals surface area (Å²) < 4.78 is 5.10. The van der Waals surface area contributed by atoms with E-state index >= 15 is 0 Å². The lowest BCUT2D eigenvalue weighted by Gasteiger charge is -1.95. The van der Waals surface area contributed by atoms with Gasteiger partial charge in [0.2, 0.25) is 5.82 Å². The van der Waals surface area contributed by atoms with E-state index in [-0.39, 0.29) is 0 Å². The zero-order valence-corrected chi connectivity index (χ0v) is 7.13. The van der Waals surface area contributed by atoms with Gasteiger partial charge >= 0.3 is 0 Å². The van der Waals surface area contributed by atoms with E-state index in [2.05, 4.69) is 20.6 Å². The number of rotatable bonds is 2. The predicted molar refractivity (Wildman–Crippen MR) is 44.0 cm³/mol. The Balaban J connectivity index is 2.46. The molecule has 2 heterocycles. The topological polar surface area (TPSA) is 63.7 Å². The first kappa shape index (κ1) is 7.23. The van der Waals surface area contributed by atoms with Crippen LogP contribution in [0.3, 0.4) is 0 Å². The predicted octanol–water partition coefficient (Wildman–Crippen LogP) is 0.937. The maximum atomic E-state index is 5.10. The number of methoxy groups -OCH3 is 1. The molecule has 2 aromatic rings. The zero-order valence-electron chi connectivity index (χ0n) is 6.31. The van der Waals surface area contributed by atoms with Crippen molar-refractivity contribution in [3.63, 3.8) is 0 Å². The maximum Gasteiger partial charge on any atom is 0.218 e. The van der Waals surface area contributed by atoms with Crippen molar-refractivity contribution in [2.24, 2.45) is 0 Å². The summed E-state index contributed by atoms with van der Waals surface area (Å²) >= 11 is 1.52. The summed E-state index contributed by atoms with van der Waals surface area (Å²) in [6.07, 6.45) is 0. The van der Waals surface area contributed by atoms with E-state index in [0.717, 1.165) is 10.6 Å². The van der Waals surface area contributed by atoms with Crippen molar-refractivity contribution >= 4 is 11.3 Å². The molecule has 0 amide bonds. The lowest BCUT2D eigenvalue weighted by molar-refractivity contribution is 0.418. The maximum absolute atomic E-state index is 5.10. The van der Waals surface area contributed by atoms with Crippen LogP contribution >= 0.6 is 11.3 Å². The third-order valence-corrected chi connectivity index (χ3v) is 2.29. The molecule has 2 aromatic heterocycles. The molecule has 6 heteroatoms. The van der Waals surface area contributed by atoms with Gasteiger partial charge in [0, 0.05) is 0 Å². The number of hydrogen-bond donors (Lipinski definition) is 1. The van der Waals surface area contributed by atoms with Crippen LogP contribution in [0.25, 0.3) is 10.7 Å². The first-order valence-electron chi connectivity index (χ1n) is 3.27. The smallest absolute Gasteiger partial charge is 0.218 e. The van der Waals surface area contributed by atoms with Crippen molar-refractivity contribution < 1.29 is 4.74 Å². The van der Waals surface area contributed by atoms with Crippen LogP contribution < -0.4 is 4.74 Å². The Labute approximate surface area is 72.4 Å². The SMILES string of the molecule is COc1ccsc1-c1nn[nH]n1. The monoisotopic (exact) mass is 182 g/mol. The van der Waals surface area contributed by atoms with Crippen molar-refractivity contribution in [1.29, 1.82) is 0 Å². The number of H-pyrrole nitrogens is 1. The molecule has 0 saturated heterocycles. The molecule has 0 saturated carbocycles. The fourth-order valence-corrected chi connectivity index (χ4v) is 1.67. The molecule has 12 heavy (non-hydrogen) atoms. The van der Waals surface area contributed by atoms with Gasteiger partial charge in [-0.1, -0.05) is 0 Å². The molecule has 0 atom stereocenters. The van der Waals surface area contributed by atoms with Gasteiger partial charge in [-0.25, -0.2) is 0 Å². The molecule has 0 unspecified atom stereocenters. The van der Waals surface area contributed by atoms with Gasteiger partial charge in [-0.15, -0.1) is 21.5 Å². The summed E-state index contributed by atoms with van der Waals surface area (Å²) in [5.41, 5.74) is 0. The molecule has 5 nitrogen and oxygen atoms in total. The number of hydrogen-bond acceptors (Lipinski definition) is 5. The van der Waals surface area contributed by atoms with Gasteiger partial charge in [0.1, 0.15) is 10.6 Å². The summed E-state index contributed by atoms with van der Waals surface area (Å²) in [5, 5.41) is 15.5. The molecule has 62 valence electrons. The summed E-state index contributed by atoms with van der Waals surface area (Å²) in [6, 6.07) is 1.87. The molecule has 1 N–H and O–H groups in total. The number of thiophene rings is 1. The minimum absolute atomic E-state index is 0.571. The van der Waals surface area contributed by atoms with Crippen molar-refractivity contribution in [2.75, 3.05) is 7.11 Å². The Bertz CT molecular complexity index is 355. The van der Waals surface area contributed by atoms with E-state index in [0.29, 0.717) is 5.82 Å². The van der Waals surface area contributed by atoms with E-state index in [4.69, 9.17) is 4.74 Å². The van der Waals surface area contributed by atoms with Crippen LogP contribution in [0.2, 0.25) is 0 Å². The molecule has 0 aliphatic rings. The summed E-state index contributed by atoms with van der Waals surface area (Å²) in [6.45, 7) is 0. The van der Waals surface area contributed by atoms with E-state index in [1.165, 1.54) is 11.3 Å². The molecule has 0 bridgehead atoms. The Morgan fingerprint density at radius 2 is 2.50 bits per heavy atom. The molecule has 0 radical (unpaired) electrons. The Morgan fingerprint density at radius 3 is 3.17 bits per heavy atom. The first-order valence-corrected chi connectivity index (χ1v) is 4.15. The van der Waals surface area contributed by atoms with Crippen LogP contribution in [0, 0.1) is 0 Å². The summed E-state index contributed by atoms with van der Waals surface area (Å²) in [5.74, 6) is 1.35. The van der Waals surface area contributed by atoms with E-state index in [1.54, 1.807) is 7.11 Å². The number of aromatic nitrogens is 4. The lowest BCUT2D eigenvalue weighted by Crippen LogP contribution is -1.83. The number of tetrazole rings is 1. The largest absolute Gasteiger partial charge is 0.495 e. The highest BCUT2D eigenvalue weighted by Gasteiger charge is 2.10. The van der Waals surface area contributed by atoms with Crippen LogP contribution in [0.1, 0.15) is 0 Å². The lowest BCUT2D eigenvalue weighted by atomic mass is 10.4. The van der Waals surface area contributed by atoms with Crippen molar-refractivity contribution in [1.82, 2.24) is 20.6 Å².